The predicted octanol–water partition coefficient (Wildman–Crippen LogP) is 4.46. The highest BCUT2D eigenvalue weighted by Crippen LogP contribution is 2.46. The summed E-state index contributed by atoms with van der Waals surface area (Å²) in [7, 11) is 0. The number of amides is 2. The van der Waals surface area contributed by atoms with Crippen LogP contribution in [0.5, 0.6) is 0 Å². The van der Waals surface area contributed by atoms with E-state index in [-0.39, 0.29) is 11.5 Å². The monoisotopic (exact) mass is 458 g/mol. The summed E-state index contributed by atoms with van der Waals surface area (Å²) in [5.74, 6) is -0.523. The summed E-state index contributed by atoms with van der Waals surface area (Å²) in [5, 5.41) is 13.2. The number of halogens is 3. The maximum absolute atomic E-state index is 13.2. The molecule has 2 aromatic carbocycles. The second-order valence-corrected chi connectivity index (χ2v) is 9.10. The SMILES string of the molecule is CC(C)(O)c1ccc2c(c1)NC(=O)C21CCN(C(=O)/C=C/c2ccccc2C(F)(F)F)CC1. The second-order valence-electron chi connectivity index (χ2n) is 9.10. The van der Waals surface area contributed by atoms with Gasteiger partial charge in [0.25, 0.3) is 0 Å². The minimum absolute atomic E-state index is 0.0708. The first-order valence-corrected chi connectivity index (χ1v) is 10.7. The number of nitrogens with one attached hydrogen (secondary N) is 1. The highest BCUT2D eigenvalue weighted by atomic mass is 19.4. The molecule has 8 heteroatoms. The Kier molecular flexibility index (Phi) is 5.60. The molecule has 0 atom stereocenters. The van der Waals surface area contributed by atoms with Crippen molar-refractivity contribution in [3.63, 3.8) is 0 Å². The number of piperidine rings is 1. The Balaban J connectivity index is 1.49. The van der Waals surface area contributed by atoms with Gasteiger partial charge in [0, 0.05) is 24.9 Å². The molecule has 0 saturated carbocycles. The zero-order valence-corrected chi connectivity index (χ0v) is 18.4. The van der Waals surface area contributed by atoms with Gasteiger partial charge >= 0.3 is 6.18 Å². The van der Waals surface area contributed by atoms with E-state index in [4.69, 9.17) is 0 Å². The van der Waals surface area contributed by atoms with Gasteiger partial charge in [0.2, 0.25) is 11.8 Å². The van der Waals surface area contributed by atoms with Crippen molar-refractivity contribution in [2.45, 2.75) is 43.9 Å². The largest absolute Gasteiger partial charge is 0.416 e. The number of carbonyl (C=O) groups is 2. The predicted molar refractivity (Wildman–Crippen MR) is 118 cm³/mol. The third-order valence-corrected chi connectivity index (χ3v) is 6.52. The maximum Gasteiger partial charge on any atom is 0.416 e. The Morgan fingerprint density at radius 1 is 1.12 bits per heavy atom. The molecule has 1 fully saturated rings. The lowest BCUT2D eigenvalue weighted by Crippen LogP contribution is -2.47. The zero-order chi connectivity index (χ0) is 24.0. The highest BCUT2D eigenvalue weighted by Gasteiger charge is 2.49. The Morgan fingerprint density at radius 2 is 1.79 bits per heavy atom. The van der Waals surface area contributed by atoms with Crippen molar-refractivity contribution in [2.75, 3.05) is 18.4 Å². The number of fused-ring (bicyclic) bond motifs is 2. The minimum atomic E-state index is -4.50. The van der Waals surface area contributed by atoms with E-state index in [1.807, 2.05) is 6.07 Å². The molecular weight excluding hydrogens is 433 g/mol. The van der Waals surface area contributed by atoms with Crippen molar-refractivity contribution in [1.82, 2.24) is 4.90 Å². The molecule has 174 valence electrons. The average Bonchev–Trinajstić information content (AvgIpc) is 3.02. The molecule has 2 N–H and O–H groups in total. The minimum Gasteiger partial charge on any atom is -0.386 e. The number of hydrogen-bond acceptors (Lipinski definition) is 3. The summed E-state index contributed by atoms with van der Waals surface area (Å²) in [6, 6.07) is 10.5. The quantitative estimate of drug-likeness (QED) is 0.668. The van der Waals surface area contributed by atoms with Crippen molar-refractivity contribution in [2.24, 2.45) is 0 Å². The Morgan fingerprint density at radius 3 is 2.42 bits per heavy atom. The first-order valence-electron chi connectivity index (χ1n) is 10.7. The van der Waals surface area contributed by atoms with Crippen LogP contribution in [0.2, 0.25) is 0 Å². The molecular formula is C25H25F3N2O3. The van der Waals surface area contributed by atoms with Gasteiger partial charge in [-0.1, -0.05) is 30.3 Å². The van der Waals surface area contributed by atoms with Crippen LogP contribution in [0.3, 0.4) is 0 Å². The molecule has 0 aromatic heterocycles. The Labute approximate surface area is 189 Å². The number of hydrogen-bond donors (Lipinski definition) is 2. The molecule has 5 nitrogen and oxygen atoms in total. The van der Waals surface area contributed by atoms with Crippen LogP contribution in [0, 0.1) is 0 Å². The number of rotatable bonds is 3. The molecule has 2 heterocycles. The molecule has 1 saturated heterocycles. The molecule has 0 radical (unpaired) electrons. The zero-order valence-electron chi connectivity index (χ0n) is 18.4. The van der Waals surface area contributed by atoms with Crippen LogP contribution in [-0.4, -0.2) is 34.9 Å². The molecule has 0 bridgehead atoms. The van der Waals surface area contributed by atoms with Crippen LogP contribution in [0.4, 0.5) is 18.9 Å². The smallest absolute Gasteiger partial charge is 0.386 e. The number of anilines is 1. The number of alkyl halides is 3. The fourth-order valence-corrected chi connectivity index (χ4v) is 4.58. The van der Waals surface area contributed by atoms with E-state index in [9.17, 15) is 27.9 Å². The van der Waals surface area contributed by atoms with E-state index >= 15 is 0 Å². The van der Waals surface area contributed by atoms with Crippen molar-refractivity contribution < 1.29 is 27.9 Å². The molecule has 2 aromatic rings. The lowest BCUT2D eigenvalue weighted by atomic mass is 9.73. The highest BCUT2D eigenvalue weighted by molar-refractivity contribution is 6.06. The molecule has 2 amide bonds. The van der Waals surface area contributed by atoms with Crippen LogP contribution in [0.25, 0.3) is 6.08 Å². The molecule has 2 aliphatic heterocycles. The van der Waals surface area contributed by atoms with Crippen LogP contribution in [-0.2, 0) is 26.8 Å². The van der Waals surface area contributed by atoms with Crippen LogP contribution >= 0.6 is 0 Å². The fraction of sp³-hybridized carbons (Fsp3) is 0.360. The van der Waals surface area contributed by atoms with Crippen molar-refractivity contribution in [3.05, 3.63) is 70.8 Å². The lowest BCUT2D eigenvalue weighted by molar-refractivity contribution is -0.137. The van der Waals surface area contributed by atoms with Crippen molar-refractivity contribution >= 4 is 23.6 Å². The van der Waals surface area contributed by atoms with E-state index in [0.29, 0.717) is 37.2 Å². The van der Waals surface area contributed by atoms with Gasteiger partial charge in [-0.3, -0.25) is 9.59 Å². The number of likely N-dealkylation sites (tertiary alicyclic amines) is 1. The second kappa shape index (κ2) is 8.02. The summed E-state index contributed by atoms with van der Waals surface area (Å²) in [6.07, 6.45) is -1.35. The summed E-state index contributed by atoms with van der Waals surface area (Å²) in [4.78, 5) is 27.1. The van der Waals surface area contributed by atoms with Gasteiger partial charge in [0.05, 0.1) is 16.6 Å². The van der Waals surface area contributed by atoms with Gasteiger partial charge in [-0.05, 0) is 61.6 Å². The van der Waals surface area contributed by atoms with Gasteiger partial charge in [-0.25, -0.2) is 0 Å². The summed E-state index contributed by atoms with van der Waals surface area (Å²) >= 11 is 0. The number of benzene rings is 2. The standard InChI is InChI=1S/C25H25F3N2O3/c1-23(2,33)17-8-9-19-20(15-17)29-22(32)24(19)11-13-30(14-12-24)21(31)10-7-16-5-3-4-6-18(16)25(26,27)28/h3-10,15,33H,11-14H2,1-2H3,(H,29,32)/b10-7+. The van der Waals surface area contributed by atoms with Crippen LogP contribution < -0.4 is 5.32 Å². The van der Waals surface area contributed by atoms with Gasteiger partial charge in [0.15, 0.2) is 0 Å². The third kappa shape index (κ3) is 4.27. The van der Waals surface area contributed by atoms with E-state index in [1.165, 1.54) is 24.3 Å². The van der Waals surface area contributed by atoms with Crippen molar-refractivity contribution in [1.29, 1.82) is 0 Å². The van der Waals surface area contributed by atoms with E-state index in [0.717, 1.165) is 17.7 Å². The van der Waals surface area contributed by atoms with Gasteiger partial charge < -0.3 is 15.3 Å². The topological polar surface area (TPSA) is 69.6 Å². The molecule has 0 unspecified atom stereocenters. The lowest BCUT2D eigenvalue weighted by Gasteiger charge is -2.37. The number of carbonyl (C=O) groups excluding carboxylic acids is 2. The van der Waals surface area contributed by atoms with Crippen LogP contribution in [0.15, 0.2) is 48.5 Å². The van der Waals surface area contributed by atoms with Gasteiger partial charge in [-0.15, -0.1) is 0 Å². The van der Waals surface area contributed by atoms with Crippen LogP contribution in [0.1, 0.15) is 48.9 Å². The number of aliphatic hydroxyl groups is 1. The molecule has 1 spiro atoms. The third-order valence-electron chi connectivity index (χ3n) is 6.52. The van der Waals surface area contributed by atoms with Gasteiger partial charge in [-0.2, -0.15) is 13.2 Å². The first-order chi connectivity index (χ1) is 15.4. The van der Waals surface area contributed by atoms with Gasteiger partial charge in [0.1, 0.15) is 0 Å². The average molecular weight is 458 g/mol. The maximum atomic E-state index is 13.2. The Hall–Kier alpha value is -3.13. The van der Waals surface area contributed by atoms with E-state index in [2.05, 4.69) is 5.32 Å². The summed E-state index contributed by atoms with van der Waals surface area (Å²) in [5.41, 5.74) is -0.449. The first kappa shape index (κ1) is 23.0. The molecule has 33 heavy (non-hydrogen) atoms. The molecule has 2 aliphatic rings. The summed E-state index contributed by atoms with van der Waals surface area (Å²) in [6.45, 7) is 3.96. The fourth-order valence-electron chi connectivity index (χ4n) is 4.58. The number of nitrogens with zero attached hydrogens (tertiary/aromatic N) is 1. The van der Waals surface area contributed by atoms with Crippen molar-refractivity contribution in [3.8, 4) is 0 Å². The normalized spacial score (nSPS) is 18.0. The summed E-state index contributed by atoms with van der Waals surface area (Å²) < 4.78 is 39.5. The van der Waals surface area contributed by atoms with E-state index in [1.54, 1.807) is 30.9 Å². The molecule has 0 aliphatic carbocycles. The van der Waals surface area contributed by atoms with E-state index < -0.39 is 28.7 Å². The molecule has 4 rings (SSSR count). The Bertz CT molecular complexity index is 1120.